The van der Waals surface area contributed by atoms with Gasteiger partial charge in [-0.3, -0.25) is 23.6 Å². The maximum absolute atomic E-state index is 13.7. The van der Waals surface area contributed by atoms with Crippen molar-refractivity contribution in [2.45, 2.75) is 76.2 Å². The molecule has 6 aromatic heterocycles. The average molecular weight is 1020 g/mol. The molecule has 2 fully saturated rings. The summed E-state index contributed by atoms with van der Waals surface area (Å²) in [7, 11) is 1.87. The number of hydrogen-bond donors (Lipinski definition) is 2. The first-order valence-electron chi connectivity index (χ1n) is 23.9. The third kappa shape index (κ3) is 8.31. The highest BCUT2D eigenvalue weighted by Gasteiger charge is 2.40. The molecule has 0 aliphatic carbocycles. The zero-order chi connectivity index (χ0) is 47.8. The number of thiophene rings is 2. The van der Waals surface area contributed by atoms with E-state index in [1.165, 1.54) is 28.7 Å². The largest absolute Gasteiger partial charge is 0.366 e. The van der Waals surface area contributed by atoms with Crippen LogP contribution in [0.25, 0.3) is 42.7 Å². The van der Waals surface area contributed by atoms with Crippen LogP contribution in [0.15, 0.2) is 89.0 Å². The van der Waals surface area contributed by atoms with Crippen molar-refractivity contribution in [3.05, 3.63) is 137 Å². The summed E-state index contributed by atoms with van der Waals surface area (Å²) >= 11 is 17.6. The van der Waals surface area contributed by atoms with Gasteiger partial charge < -0.3 is 20.4 Å². The van der Waals surface area contributed by atoms with E-state index in [-0.39, 0.29) is 18.6 Å². The van der Waals surface area contributed by atoms with E-state index < -0.39 is 24.2 Å². The highest BCUT2D eigenvalue weighted by Crippen LogP contribution is 2.49. The molecule has 2 saturated heterocycles. The Hall–Kier alpha value is -5.56. The molecule has 3 atom stereocenters. The zero-order valence-corrected chi connectivity index (χ0v) is 41.5. The number of aromatic nitrogens is 7. The van der Waals surface area contributed by atoms with Gasteiger partial charge in [0, 0.05) is 148 Å². The Kier molecular flexibility index (Phi) is 12.1. The van der Waals surface area contributed by atoms with Crippen LogP contribution in [0.1, 0.15) is 58.3 Å². The van der Waals surface area contributed by atoms with Crippen LogP contribution in [-0.4, -0.2) is 86.9 Å². The van der Waals surface area contributed by atoms with E-state index in [1.807, 2.05) is 19.4 Å². The van der Waals surface area contributed by atoms with Gasteiger partial charge in [-0.1, -0.05) is 28.4 Å². The summed E-state index contributed by atoms with van der Waals surface area (Å²) in [6.45, 7) is 4.53. The quantitative estimate of drug-likeness (QED) is 0.124. The van der Waals surface area contributed by atoms with Gasteiger partial charge >= 0.3 is 5.69 Å². The SMILES string of the molecule is Cn1cc(Cc2cc3nccc(-c4cc(Cl)cc5c4N([C@H]4CCNC4)CCC5[n+]4ccc(-c5cc(Cl)cc6c5N([C@H]5CCNC5)CCC6)c5sc(Cn6c(=O)ccn(CC(F)F)c6=O)cc54)c3s2)nn1. The molecule has 4 aliphatic heterocycles. The second-order valence-electron chi connectivity index (χ2n) is 18.9. The molecule has 0 bridgehead atoms. The molecule has 1 unspecified atom stereocenters. The summed E-state index contributed by atoms with van der Waals surface area (Å²) in [5.74, 6) is 0. The van der Waals surface area contributed by atoms with E-state index in [2.05, 4.69) is 90.0 Å². The molecule has 70 heavy (non-hydrogen) atoms. The molecule has 0 radical (unpaired) electrons. The Labute approximate surface area is 419 Å². The highest BCUT2D eigenvalue weighted by atomic mass is 35.5. The number of anilines is 2. The summed E-state index contributed by atoms with van der Waals surface area (Å²) in [6, 6.07) is 18.6. The molecule has 13 nitrogen and oxygen atoms in total. The summed E-state index contributed by atoms with van der Waals surface area (Å²) in [5.41, 5.74) is 10.2. The van der Waals surface area contributed by atoms with Crippen LogP contribution in [-0.2, 0) is 33.0 Å². The summed E-state index contributed by atoms with van der Waals surface area (Å²) < 4.78 is 35.3. The lowest BCUT2D eigenvalue weighted by atomic mass is 9.88. The van der Waals surface area contributed by atoms with Crippen LogP contribution in [0.3, 0.4) is 0 Å². The number of alkyl halides is 2. The van der Waals surface area contributed by atoms with Gasteiger partial charge in [0.2, 0.25) is 5.52 Å². The fraction of sp³-hybridized carbons (Fsp3) is 0.373. The second kappa shape index (κ2) is 18.6. The molecule has 19 heteroatoms. The second-order valence-corrected chi connectivity index (χ2v) is 22.1. The number of nitrogens with zero attached hydrogens (tertiary/aromatic N) is 9. The first-order valence-corrected chi connectivity index (χ1v) is 26.3. The third-order valence-corrected chi connectivity index (χ3v) is 17.2. The van der Waals surface area contributed by atoms with Crippen LogP contribution in [0.4, 0.5) is 20.2 Å². The summed E-state index contributed by atoms with van der Waals surface area (Å²) in [6.07, 6.45) is 9.84. The lowest BCUT2D eigenvalue weighted by Crippen LogP contribution is -2.49. The minimum absolute atomic E-state index is 0.0779. The maximum atomic E-state index is 13.7. The predicted octanol–water partition coefficient (Wildman–Crippen LogP) is 8.07. The zero-order valence-electron chi connectivity index (χ0n) is 38.4. The molecule has 2 N–H and O–H groups in total. The minimum atomic E-state index is -2.76. The standard InChI is InChI=1S/C51H50Cl2F2N11O2S2/c1-61-26-32(59-60-61)21-35-22-42-49(69-35)37(6-12-58-42)40-19-31(53)20-41-43(8-16-64(48(40)41)34-5-11-57-25-34)65-15-7-38(39-18-30(52)17-29-3-2-13-63(47(29)39)33-4-10-56-24-33)50-44(65)23-36(70-50)27-66-46(67)9-14-62(51(66)68)28-45(54)55/h6-7,9,12,14-15,17-20,22-23,26,33-34,43,45,56-57H,2-5,8,10-11,13,16,21,24-25,27-28H2,1H3/q+1/t33-,34-,43?/m0/s1. The fourth-order valence-electron chi connectivity index (χ4n) is 11.5. The highest BCUT2D eigenvalue weighted by molar-refractivity contribution is 7.20. The lowest BCUT2D eigenvalue weighted by molar-refractivity contribution is -0.689. The van der Waals surface area contributed by atoms with E-state index in [0.29, 0.717) is 22.5 Å². The number of benzene rings is 2. The van der Waals surface area contributed by atoms with E-state index in [0.717, 1.165) is 156 Å². The topological polar surface area (TPSA) is 122 Å². The number of fused-ring (bicyclic) bond motifs is 4. The maximum Gasteiger partial charge on any atom is 0.331 e. The molecule has 8 aromatic rings. The van der Waals surface area contributed by atoms with Crippen LogP contribution in [0, 0.1) is 0 Å². The normalized spacial score (nSPS) is 19.3. The van der Waals surface area contributed by atoms with Crippen molar-refractivity contribution in [3.63, 3.8) is 0 Å². The van der Waals surface area contributed by atoms with Crippen LogP contribution >= 0.6 is 45.9 Å². The first kappa shape index (κ1) is 45.6. The van der Waals surface area contributed by atoms with Crippen molar-refractivity contribution < 1.29 is 13.3 Å². The molecular formula is C51H50Cl2F2N11O2S2+. The van der Waals surface area contributed by atoms with Crippen molar-refractivity contribution in [2.24, 2.45) is 7.05 Å². The van der Waals surface area contributed by atoms with Gasteiger partial charge in [0.05, 0.1) is 34.7 Å². The Morgan fingerprint density at radius 2 is 1.59 bits per heavy atom. The Balaban J connectivity index is 1.05. The molecule has 10 heterocycles. The van der Waals surface area contributed by atoms with Crippen LogP contribution in [0.2, 0.25) is 10.0 Å². The Bertz CT molecular complexity index is 3450. The monoisotopic (exact) mass is 1020 g/mol. The van der Waals surface area contributed by atoms with E-state index in [9.17, 15) is 18.4 Å². The molecular weight excluding hydrogens is 972 g/mol. The number of rotatable bonds is 11. The number of pyridine rings is 2. The molecule has 360 valence electrons. The van der Waals surface area contributed by atoms with Gasteiger partial charge in [-0.25, -0.2) is 13.6 Å². The van der Waals surface area contributed by atoms with Crippen LogP contribution < -0.4 is 36.2 Å². The van der Waals surface area contributed by atoms with Crippen molar-refractivity contribution in [1.82, 2.24) is 39.7 Å². The molecule has 0 saturated carbocycles. The number of aryl methyl sites for hydroxylation is 2. The third-order valence-electron chi connectivity index (χ3n) is 14.5. The molecule has 12 rings (SSSR count). The average Bonchev–Trinajstić information content (AvgIpc) is 4.21. The van der Waals surface area contributed by atoms with Gasteiger partial charge in [0.15, 0.2) is 12.2 Å². The smallest absolute Gasteiger partial charge is 0.331 e. The number of hydrogen-bond acceptors (Lipinski definition) is 11. The molecule has 0 spiro atoms. The van der Waals surface area contributed by atoms with Crippen molar-refractivity contribution in [2.75, 3.05) is 49.1 Å². The van der Waals surface area contributed by atoms with Gasteiger partial charge in [0.1, 0.15) is 4.70 Å². The van der Waals surface area contributed by atoms with Gasteiger partial charge in [-0.2, -0.15) is 4.57 Å². The lowest BCUT2D eigenvalue weighted by Gasteiger charge is -2.39. The Morgan fingerprint density at radius 3 is 2.33 bits per heavy atom. The van der Waals surface area contributed by atoms with E-state index in [4.69, 9.17) is 28.2 Å². The first-order chi connectivity index (χ1) is 34.0. The van der Waals surface area contributed by atoms with Crippen molar-refractivity contribution >= 4 is 77.7 Å². The molecule has 0 amide bonds. The van der Waals surface area contributed by atoms with Crippen molar-refractivity contribution in [3.8, 4) is 22.3 Å². The van der Waals surface area contributed by atoms with E-state index >= 15 is 0 Å². The minimum Gasteiger partial charge on any atom is -0.366 e. The van der Waals surface area contributed by atoms with Crippen LogP contribution in [0.5, 0.6) is 0 Å². The van der Waals surface area contributed by atoms with Crippen molar-refractivity contribution in [1.29, 1.82) is 0 Å². The molecule has 4 aliphatic rings. The predicted molar refractivity (Wildman–Crippen MR) is 275 cm³/mol. The Morgan fingerprint density at radius 1 is 0.843 bits per heavy atom. The van der Waals surface area contributed by atoms with Gasteiger partial charge in [0.25, 0.3) is 12.0 Å². The summed E-state index contributed by atoms with van der Waals surface area (Å²) in [4.78, 5) is 38.9. The number of halogens is 4. The fourth-order valence-corrected chi connectivity index (χ4v) is 14.3. The van der Waals surface area contributed by atoms with Gasteiger partial charge in [-0.05, 0) is 80.7 Å². The van der Waals surface area contributed by atoms with E-state index in [1.54, 1.807) is 16.0 Å². The molecule has 2 aromatic carbocycles. The van der Waals surface area contributed by atoms with Gasteiger partial charge in [-0.15, -0.1) is 27.8 Å². The summed E-state index contributed by atoms with van der Waals surface area (Å²) in [5, 5.41) is 17.0. The number of nitrogens with one attached hydrogen (secondary N) is 2.